The van der Waals surface area contributed by atoms with E-state index >= 15 is 0 Å². The molecular formula is C6H13Cl2N3O. The zero-order chi connectivity index (χ0) is 7.40. The number of rotatable bonds is 3. The summed E-state index contributed by atoms with van der Waals surface area (Å²) in [6, 6.07) is 0. The summed E-state index contributed by atoms with van der Waals surface area (Å²) in [4.78, 5) is 6.71. The molecule has 1 rings (SSSR count). The third-order valence-electron chi connectivity index (χ3n) is 1.23. The van der Waals surface area contributed by atoms with Gasteiger partial charge in [0.1, 0.15) is 11.9 Å². The number of hydrogen-bond donors (Lipinski definition) is 3. The molecule has 0 fully saturated rings. The fourth-order valence-electron chi connectivity index (χ4n) is 0.750. The molecule has 0 saturated carbocycles. The van der Waals surface area contributed by atoms with Gasteiger partial charge in [0.05, 0.1) is 0 Å². The lowest BCUT2D eigenvalue weighted by atomic mass is 10.3. The van der Waals surface area contributed by atoms with E-state index in [0.29, 0.717) is 12.4 Å². The summed E-state index contributed by atoms with van der Waals surface area (Å²) in [5, 5.41) is 12.1. The fourth-order valence-corrected chi connectivity index (χ4v) is 0.750. The van der Waals surface area contributed by atoms with E-state index in [-0.39, 0.29) is 24.8 Å². The molecule has 12 heavy (non-hydrogen) atoms. The van der Waals surface area contributed by atoms with Crippen molar-refractivity contribution in [3.63, 3.8) is 0 Å². The Labute approximate surface area is 83.6 Å². The largest absolute Gasteiger partial charge is 0.384 e. The molecule has 0 bridgehead atoms. The molecule has 1 heterocycles. The van der Waals surface area contributed by atoms with Crippen molar-refractivity contribution >= 4 is 24.8 Å². The normalized spacial score (nSPS) is 11.2. The molecule has 3 N–H and O–H groups in total. The van der Waals surface area contributed by atoms with Gasteiger partial charge in [-0.2, -0.15) is 0 Å². The van der Waals surface area contributed by atoms with E-state index in [1.54, 1.807) is 19.4 Å². The van der Waals surface area contributed by atoms with Crippen LogP contribution in [0.2, 0.25) is 0 Å². The maximum absolute atomic E-state index is 9.25. The van der Waals surface area contributed by atoms with Gasteiger partial charge in [0.25, 0.3) is 0 Å². The molecule has 1 aromatic heterocycles. The average Bonchev–Trinajstić information content (AvgIpc) is 2.38. The third-order valence-corrected chi connectivity index (χ3v) is 1.23. The first-order valence-electron chi connectivity index (χ1n) is 3.16. The molecule has 1 unspecified atom stereocenters. The molecule has 4 nitrogen and oxygen atoms in total. The number of aliphatic hydroxyl groups excluding tert-OH is 1. The summed E-state index contributed by atoms with van der Waals surface area (Å²) in [6.07, 6.45) is 2.78. The Morgan fingerprint density at radius 2 is 2.33 bits per heavy atom. The van der Waals surface area contributed by atoms with Crippen LogP contribution in [0.4, 0.5) is 0 Å². The van der Waals surface area contributed by atoms with Gasteiger partial charge in [-0.1, -0.05) is 0 Å². The Bertz CT molecular complexity index is 181. The van der Waals surface area contributed by atoms with Gasteiger partial charge in [0, 0.05) is 18.9 Å². The van der Waals surface area contributed by atoms with E-state index < -0.39 is 6.10 Å². The molecule has 6 heteroatoms. The molecule has 0 radical (unpaired) electrons. The van der Waals surface area contributed by atoms with Crippen molar-refractivity contribution in [1.82, 2.24) is 15.3 Å². The van der Waals surface area contributed by atoms with Crippen molar-refractivity contribution in [3.05, 3.63) is 18.2 Å². The molecule has 1 aromatic rings. The SMILES string of the molecule is CNCC(O)c1ncc[nH]1.Cl.Cl. The zero-order valence-corrected chi connectivity index (χ0v) is 8.28. The Hall–Kier alpha value is -0.290. The van der Waals surface area contributed by atoms with Gasteiger partial charge in [-0.25, -0.2) is 4.98 Å². The predicted octanol–water partition coefficient (Wildman–Crippen LogP) is 0.506. The molecule has 0 aromatic carbocycles. The van der Waals surface area contributed by atoms with Crippen molar-refractivity contribution in [1.29, 1.82) is 0 Å². The summed E-state index contributed by atoms with van der Waals surface area (Å²) in [5.41, 5.74) is 0. The minimum Gasteiger partial charge on any atom is -0.384 e. The molecule has 72 valence electrons. The summed E-state index contributed by atoms with van der Waals surface area (Å²) >= 11 is 0. The molecule has 0 aliphatic rings. The number of halogens is 2. The van der Waals surface area contributed by atoms with Crippen LogP contribution in [0, 0.1) is 0 Å². The number of hydrogen-bond acceptors (Lipinski definition) is 3. The first-order valence-corrected chi connectivity index (χ1v) is 3.16. The van der Waals surface area contributed by atoms with Gasteiger partial charge in [-0.15, -0.1) is 24.8 Å². The van der Waals surface area contributed by atoms with Crippen LogP contribution < -0.4 is 5.32 Å². The summed E-state index contributed by atoms with van der Waals surface area (Å²) in [7, 11) is 1.78. The monoisotopic (exact) mass is 213 g/mol. The van der Waals surface area contributed by atoms with E-state index in [9.17, 15) is 5.11 Å². The second kappa shape index (κ2) is 7.36. The lowest BCUT2D eigenvalue weighted by Gasteiger charge is -2.04. The Morgan fingerprint density at radius 1 is 1.67 bits per heavy atom. The number of nitrogens with zero attached hydrogens (tertiary/aromatic N) is 1. The number of aliphatic hydroxyl groups is 1. The van der Waals surface area contributed by atoms with Crippen LogP contribution in [0.15, 0.2) is 12.4 Å². The zero-order valence-electron chi connectivity index (χ0n) is 6.65. The molecular weight excluding hydrogens is 201 g/mol. The van der Waals surface area contributed by atoms with E-state index in [4.69, 9.17) is 0 Å². The summed E-state index contributed by atoms with van der Waals surface area (Å²) in [5.74, 6) is 0.606. The number of aromatic nitrogens is 2. The van der Waals surface area contributed by atoms with Crippen molar-refractivity contribution in [3.8, 4) is 0 Å². The second-order valence-electron chi connectivity index (χ2n) is 2.05. The van der Waals surface area contributed by atoms with Gasteiger partial charge in [0.2, 0.25) is 0 Å². The molecule has 0 spiro atoms. The van der Waals surface area contributed by atoms with Gasteiger partial charge >= 0.3 is 0 Å². The quantitative estimate of drug-likeness (QED) is 0.686. The standard InChI is InChI=1S/C6H11N3O.2ClH/c1-7-4-5(10)6-8-2-3-9-6;;/h2-3,5,7,10H,4H2,1H3,(H,8,9);2*1H. The van der Waals surface area contributed by atoms with Crippen molar-refractivity contribution in [2.75, 3.05) is 13.6 Å². The average molecular weight is 214 g/mol. The highest BCUT2D eigenvalue weighted by molar-refractivity contribution is 5.85. The van der Waals surface area contributed by atoms with Crippen LogP contribution in [0.1, 0.15) is 11.9 Å². The summed E-state index contributed by atoms with van der Waals surface area (Å²) < 4.78 is 0. The highest BCUT2D eigenvalue weighted by Crippen LogP contribution is 2.02. The van der Waals surface area contributed by atoms with Crippen LogP contribution in [-0.4, -0.2) is 28.7 Å². The van der Waals surface area contributed by atoms with Crippen molar-refractivity contribution in [2.24, 2.45) is 0 Å². The molecule has 0 aliphatic carbocycles. The lowest BCUT2D eigenvalue weighted by molar-refractivity contribution is 0.169. The number of nitrogens with one attached hydrogen (secondary N) is 2. The summed E-state index contributed by atoms with van der Waals surface area (Å²) in [6.45, 7) is 0.521. The van der Waals surface area contributed by atoms with E-state index in [2.05, 4.69) is 15.3 Å². The number of likely N-dealkylation sites (N-methyl/N-ethyl adjacent to an activating group) is 1. The smallest absolute Gasteiger partial charge is 0.136 e. The van der Waals surface area contributed by atoms with E-state index in [1.807, 2.05) is 0 Å². The third kappa shape index (κ3) is 3.92. The van der Waals surface area contributed by atoms with Crippen LogP contribution in [0.3, 0.4) is 0 Å². The lowest BCUT2D eigenvalue weighted by Crippen LogP contribution is -2.17. The van der Waals surface area contributed by atoms with Crippen molar-refractivity contribution in [2.45, 2.75) is 6.10 Å². The highest BCUT2D eigenvalue weighted by atomic mass is 35.5. The maximum Gasteiger partial charge on any atom is 0.136 e. The van der Waals surface area contributed by atoms with E-state index in [1.165, 1.54) is 0 Å². The van der Waals surface area contributed by atoms with Crippen LogP contribution in [-0.2, 0) is 0 Å². The molecule has 0 aliphatic heterocycles. The van der Waals surface area contributed by atoms with Crippen molar-refractivity contribution < 1.29 is 5.11 Å². The van der Waals surface area contributed by atoms with Gasteiger partial charge in [-0.05, 0) is 7.05 Å². The first-order chi connectivity index (χ1) is 4.84. The minimum atomic E-state index is -0.528. The predicted molar refractivity (Wildman–Crippen MR) is 52.0 cm³/mol. The minimum absolute atomic E-state index is 0. The Morgan fingerprint density at radius 3 is 2.75 bits per heavy atom. The topological polar surface area (TPSA) is 60.9 Å². The van der Waals surface area contributed by atoms with Crippen LogP contribution in [0.5, 0.6) is 0 Å². The molecule has 0 amide bonds. The van der Waals surface area contributed by atoms with Gasteiger partial charge in [-0.3, -0.25) is 0 Å². The van der Waals surface area contributed by atoms with Gasteiger partial charge < -0.3 is 15.4 Å². The van der Waals surface area contributed by atoms with Crippen LogP contribution in [0.25, 0.3) is 0 Å². The van der Waals surface area contributed by atoms with Gasteiger partial charge in [0.15, 0.2) is 0 Å². The van der Waals surface area contributed by atoms with E-state index in [0.717, 1.165) is 0 Å². The molecule has 1 atom stereocenters. The number of imidazole rings is 1. The Kier molecular flexibility index (Phi) is 8.74. The fraction of sp³-hybridized carbons (Fsp3) is 0.500. The Balaban J connectivity index is 0. The first kappa shape index (κ1) is 14.2. The number of aromatic amines is 1. The molecule has 0 saturated heterocycles. The highest BCUT2D eigenvalue weighted by Gasteiger charge is 2.06. The maximum atomic E-state index is 9.25. The van der Waals surface area contributed by atoms with Crippen LogP contribution >= 0.6 is 24.8 Å². The number of H-pyrrole nitrogens is 1. The second-order valence-corrected chi connectivity index (χ2v) is 2.05.